The predicted octanol–water partition coefficient (Wildman–Crippen LogP) is 5.61. The first-order valence-corrected chi connectivity index (χ1v) is 12.1. The van der Waals surface area contributed by atoms with Gasteiger partial charge in [-0.05, 0) is 63.1 Å². The van der Waals surface area contributed by atoms with Crippen LogP contribution in [0.3, 0.4) is 0 Å². The van der Waals surface area contributed by atoms with Gasteiger partial charge in [-0.15, -0.1) is 0 Å². The third-order valence-electron chi connectivity index (χ3n) is 5.57. The van der Waals surface area contributed by atoms with Crippen LogP contribution >= 0.6 is 0 Å². The summed E-state index contributed by atoms with van der Waals surface area (Å²) in [5, 5.41) is 0. The molecule has 35 heavy (non-hydrogen) atoms. The second-order valence-electron chi connectivity index (χ2n) is 7.98. The zero-order valence-corrected chi connectivity index (χ0v) is 20.9. The Bertz CT molecular complexity index is 1030. The van der Waals surface area contributed by atoms with Crippen molar-refractivity contribution < 1.29 is 23.7 Å². The van der Waals surface area contributed by atoms with Gasteiger partial charge in [0.05, 0.1) is 24.5 Å². The highest BCUT2D eigenvalue weighted by Gasteiger charge is 2.24. The van der Waals surface area contributed by atoms with E-state index >= 15 is 0 Å². The molecular weight excluding hydrogens is 442 g/mol. The molecule has 1 aliphatic heterocycles. The van der Waals surface area contributed by atoms with Crippen LogP contribution in [0.2, 0.25) is 0 Å². The fourth-order valence-corrected chi connectivity index (χ4v) is 3.85. The second kappa shape index (κ2) is 13.4. The fraction of sp³-hybridized carbons (Fsp3) is 0.345. The third kappa shape index (κ3) is 7.23. The van der Waals surface area contributed by atoms with E-state index in [0.717, 1.165) is 40.6 Å². The molecule has 1 aliphatic carbocycles. The van der Waals surface area contributed by atoms with Crippen molar-refractivity contribution in [3.8, 4) is 5.75 Å². The highest BCUT2D eigenvalue weighted by Crippen LogP contribution is 2.31. The molecular formula is C29H35NO5. The lowest BCUT2D eigenvalue weighted by Crippen LogP contribution is -2.30. The van der Waals surface area contributed by atoms with Gasteiger partial charge in [0, 0.05) is 13.0 Å². The molecule has 0 radical (unpaired) electrons. The number of benzene rings is 1. The molecule has 3 rings (SSSR count). The number of ether oxygens (including phenoxy) is 4. The maximum atomic E-state index is 12.1. The zero-order chi connectivity index (χ0) is 25.0. The fourth-order valence-electron chi connectivity index (χ4n) is 3.85. The molecule has 0 fully saturated rings. The molecule has 186 valence electrons. The Morgan fingerprint density at radius 1 is 1.17 bits per heavy atom. The van der Waals surface area contributed by atoms with Gasteiger partial charge in [-0.25, -0.2) is 4.79 Å². The van der Waals surface area contributed by atoms with Gasteiger partial charge in [0.1, 0.15) is 18.1 Å². The molecule has 0 saturated heterocycles. The van der Waals surface area contributed by atoms with E-state index in [0.29, 0.717) is 32.8 Å². The van der Waals surface area contributed by atoms with E-state index in [2.05, 4.69) is 29.7 Å². The van der Waals surface area contributed by atoms with E-state index in [9.17, 15) is 4.79 Å². The molecule has 0 aromatic heterocycles. The Kier molecular flexibility index (Phi) is 9.99. The van der Waals surface area contributed by atoms with E-state index in [1.165, 1.54) is 0 Å². The van der Waals surface area contributed by atoms with Gasteiger partial charge in [0.15, 0.2) is 11.9 Å². The standard InChI is InChI=1S/C29H35NO5/c1-5-8-13-26-22(4)30(25-12-10-9-11-14-27(25)35-26)19-20-34-24-17-15-23(16-18-24)21-28(32-6-2)29(31)33-7-3/h5,8,10-18,28H,1,6-7,9,19-21H2,2-4H3/b13-8-. The van der Waals surface area contributed by atoms with Gasteiger partial charge < -0.3 is 23.8 Å². The first kappa shape index (κ1) is 26.1. The van der Waals surface area contributed by atoms with Crippen molar-refractivity contribution in [1.29, 1.82) is 0 Å². The van der Waals surface area contributed by atoms with Crippen molar-refractivity contribution in [3.63, 3.8) is 0 Å². The molecule has 6 nitrogen and oxygen atoms in total. The number of hydrogen-bond donors (Lipinski definition) is 0. The van der Waals surface area contributed by atoms with Crippen molar-refractivity contribution in [2.24, 2.45) is 0 Å². The average Bonchev–Trinajstić information content (AvgIpc) is 3.10. The molecule has 1 aromatic carbocycles. The number of hydrogen-bond acceptors (Lipinski definition) is 6. The maximum absolute atomic E-state index is 12.1. The third-order valence-corrected chi connectivity index (χ3v) is 5.57. The predicted molar refractivity (Wildman–Crippen MR) is 137 cm³/mol. The van der Waals surface area contributed by atoms with Gasteiger partial charge in [-0.3, -0.25) is 0 Å². The van der Waals surface area contributed by atoms with Crippen LogP contribution in [-0.2, 0) is 25.4 Å². The van der Waals surface area contributed by atoms with Crippen LogP contribution in [0, 0.1) is 0 Å². The van der Waals surface area contributed by atoms with E-state index in [-0.39, 0.29) is 5.97 Å². The molecule has 2 aliphatic rings. The van der Waals surface area contributed by atoms with Gasteiger partial charge in [0.25, 0.3) is 0 Å². The van der Waals surface area contributed by atoms with Crippen LogP contribution in [0.15, 0.2) is 96.3 Å². The summed E-state index contributed by atoms with van der Waals surface area (Å²) >= 11 is 0. The summed E-state index contributed by atoms with van der Waals surface area (Å²) in [6.45, 7) is 11.4. The van der Waals surface area contributed by atoms with E-state index in [1.807, 2.05) is 56.3 Å². The Morgan fingerprint density at radius 3 is 2.66 bits per heavy atom. The largest absolute Gasteiger partial charge is 0.492 e. The van der Waals surface area contributed by atoms with Crippen LogP contribution < -0.4 is 4.74 Å². The average molecular weight is 478 g/mol. The monoisotopic (exact) mass is 477 g/mol. The minimum atomic E-state index is -0.601. The summed E-state index contributed by atoms with van der Waals surface area (Å²) in [4.78, 5) is 14.3. The summed E-state index contributed by atoms with van der Waals surface area (Å²) in [6.07, 6.45) is 14.6. The van der Waals surface area contributed by atoms with E-state index in [4.69, 9.17) is 18.9 Å². The first-order chi connectivity index (χ1) is 17.1. The van der Waals surface area contributed by atoms with Gasteiger partial charge in [0.2, 0.25) is 0 Å². The SMILES string of the molecule is C=C/C=C\C1=C(C)N(CCOc2ccc(CC(OCC)C(=O)OCC)cc2)C2=C(C=CCC=C2)O1. The number of carbonyl (C=O) groups excluding carboxylic acids is 1. The topological polar surface area (TPSA) is 57.2 Å². The second-order valence-corrected chi connectivity index (χ2v) is 7.98. The van der Waals surface area contributed by atoms with Crippen molar-refractivity contribution in [1.82, 2.24) is 4.90 Å². The highest BCUT2D eigenvalue weighted by atomic mass is 16.6. The Hall–Kier alpha value is -3.51. The Morgan fingerprint density at radius 2 is 1.94 bits per heavy atom. The number of esters is 1. The van der Waals surface area contributed by atoms with Gasteiger partial charge in [-0.2, -0.15) is 0 Å². The van der Waals surface area contributed by atoms with Crippen LogP contribution in [-0.4, -0.2) is 43.3 Å². The summed E-state index contributed by atoms with van der Waals surface area (Å²) < 4.78 is 22.9. The summed E-state index contributed by atoms with van der Waals surface area (Å²) in [5.74, 6) is 2.05. The van der Waals surface area contributed by atoms with Crippen LogP contribution in [0.5, 0.6) is 5.75 Å². The molecule has 1 atom stereocenters. The minimum Gasteiger partial charge on any atom is -0.492 e. The summed E-state index contributed by atoms with van der Waals surface area (Å²) in [6, 6.07) is 7.75. The quantitative estimate of drug-likeness (QED) is 0.288. The molecule has 1 aromatic rings. The normalized spacial score (nSPS) is 16.1. The summed E-state index contributed by atoms with van der Waals surface area (Å²) in [5.41, 5.74) is 3.02. The van der Waals surface area contributed by atoms with E-state index in [1.54, 1.807) is 13.0 Å². The zero-order valence-electron chi connectivity index (χ0n) is 20.9. The van der Waals surface area contributed by atoms with Crippen LogP contribution in [0.4, 0.5) is 0 Å². The summed E-state index contributed by atoms with van der Waals surface area (Å²) in [7, 11) is 0. The lowest BCUT2D eigenvalue weighted by Gasteiger charge is -2.33. The van der Waals surface area contributed by atoms with Crippen LogP contribution in [0.25, 0.3) is 0 Å². The van der Waals surface area contributed by atoms with Gasteiger partial charge >= 0.3 is 5.97 Å². The number of nitrogens with zero attached hydrogens (tertiary/aromatic N) is 1. The molecule has 1 heterocycles. The van der Waals surface area contributed by atoms with Crippen molar-refractivity contribution >= 4 is 5.97 Å². The Labute approximate surface area is 208 Å². The number of allylic oxidation sites excluding steroid dienone is 8. The van der Waals surface area contributed by atoms with Crippen molar-refractivity contribution in [2.75, 3.05) is 26.4 Å². The van der Waals surface area contributed by atoms with Crippen molar-refractivity contribution in [3.05, 3.63) is 102 Å². The van der Waals surface area contributed by atoms with E-state index < -0.39 is 6.10 Å². The number of carbonyl (C=O) groups is 1. The van der Waals surface area contributed by atoms with Gasteiger partial charge in [-0.1, -0.05) is 43.0 Å². The molecule has 0 N–H and O–H groups in total. The molecule has 0 spiro atoms. The van der Waals surface area contributed by atoms with Crippen molar-refractivity contribution in [2.45, 2.75) is 39.7 Å². The maximum Gasteiger partial charge on any atom is 0.335 e. The highest BCUT2D eigenvalue weighted by molar-refractivity contribution is 5.75. The lowest BCUT2D eigenvalue weighted by atomic mass is 10.1. The molecule has 6 heteroatoms. The lowest BCUT2D eigenvalue weighted by molar-refractivity contribution is -0.156. The smallest absolute Gasteiger partial charge is 0.335 e. The molecule has 0 bridgehead atoms. The Balaban J connectivity index is 1.64. The van der Waals surface area contributed by atoms with Crippen LogP contribution in [0.1, 0.15) is 32.8 Å². The number of rotatable bonds is 12. The first-order valence-electron chi connectivity index (χ1n) is 12.1. The molecule has 0 saturated carbocycles. The molecule has 0 amide bonds. The minimum absolute atomic E-state index is 0.331. The molecule has 1 unspecified atom stereocenters.